The quantitative estimate of drug-likeness (QED) is 0.660. The van der Waals surface area contributed by atoms with Crippen LogP contribution < -0.4 is 10.6 Å². The van der Waals surface area contributed by atoms with E-state index in [9.17, 15) is 9.59 Å². The van der Waals surface area contributed by atoms with Gasteiger partial charge in [-0.3, -0.25) is 4.79 Å². The summed E-state index contributed by atoms with van der Waals surface area (Å²) >= 11 is 0. The first-order valence-electron chi connectivity index (χ1n) is 8.20. The molecule has 0 fully saturated rings. The highest BCUT2D eigenvalue weighted by Gasteiger charge is 2.11. The van der Waals surface area contributed by atoms with E-state index >= 15 is 0 Å². The molecule has 0 aliphatic heterocycles. The van der Waals surface area contributed by atoms with Crippen molar-refractivity contribution < 1.29 is 14.3 Å². The number of carbonyl (C=O) groups excluding carboxylic acids is 2. The van der Waals surface area contributed by atoms with Crippen LogP contribution in [0.2, 0.25) is 0 Å². The van der Waals surface area contributed by atoms with E-state index in [0.717, 1.165) is 0 Å². The number of hydrogen-bond donors (Lipinski definition) is 2. The summed E-state index contributed by atoms with van der Waals surface area (Å²) in [5.41, 5.74) is 1.87. The van der Waals surface area contributed by atoms with Crippen molar-refractivity contribution in [3.05, 3.63) is 77.5 Å². The fraction of sp³-hybridized carbons (Fsp3) is 0.0500. The Morgan fingerprint density at radius 1 is 1.04 bits per heavy atom. The third-order valence-corrected chi connectivity index (χ3v) is 3.75. The second-order valence-electron chi connectivity index (χ2n) is 5.61. The first-order valence-corrected chi connectivity index (χ1v) is 8.20. The zero-order chi connectivity index (χ0) is 19.9. The first-order chi connectivity index (χ1) is 13.6. The molecule has 0 spiro atoms. The molecule has 0 atom stereocenters. The predicted octanol–water partition coefficient (Wildman–Crippen LogP) is 3.13. The van der Waals surface area contributed by atoms with E-state index in [4.69, 9.17) is 5.26 Å². The van der Waals surface area contributed by atoms with Gasteiger partial charge in [-0.2, -0.15) is 5.26 Å². The van der Waals surface area contributed by atoms with Gasteiger partial charge in [0, 0.05) is 5.69 Å². The van der Waals surface area contributed by atoms with Gasteiger partial charge < -0.3 is 15.4 Å². The summed E-state index contributed by atoms with van der Waals surface area (Å²) in [5.74, 6) is -0.523. The number of nitriles is 1. The Balaban J connectivity index is 1.71. The van der Waals surface area contributed by atoms with Crippen molar-refractivity contribution in [3.8, 4) is 6.07 Å². The largest absolute Gasteiger partial charge is 0.465 e. The summed E-state index contributed by atoms with van der Waals surface area (Å²) in [7, 11) is 1.31. The van der Waals surface area contributed by atoms with E-state index in [-0.39, 0.29) is 5.69 Å². The molecule has 3 aromatic rings. The zero-order valence-electron chi connectivity index (χ0n) is 14.8. The summed E-state index contributed by atoms with van der Waals surface area (Å²) in [6.45, 7) is 0. The van der Waals surface area contributed by atoms with E-state index in [1.54, 1.807) is 54.6 Å². The minimum atomic E-state index is -0.477. The topological polar surface area (TPSA) is 117 Å². The van der Waals surface area contributed by atoms with Crippen molar-refractivity contribution in [1.29, 1.82) is 5.26 Å². The van der Waals surface area contributed by atoms with Crippen molar-refractivity contribution >= 4 is 29.1 Å². The number of methoxy groups -OCH3 is 1. The van der Waals surface area contributed by atoms with Gasteiger partial charge in [-0.25, -0.2) is 4.79 Å². The lowest BCUT2D eigenvalue weighted by atomic mass is 10.2. The molecule has 2 aromatic carbocycles. The molecule has 8 nitrogen and oxygen atoms in total. The Morgan fingerprint density at radius 3 is 2.57 bits per heavy atom. The number of esters is 1. The van der Waals surface area contributed by atoms with Crippen molar-refractivity contribution in [2.75, 3.05) is 17.7 Å². The summed E-state index contributed by atoms with van der Waals surface area (Å²) in [6.07, 6.45) is 0. The first kappa shape index (κ1) is 18.5. The van der Waals surface area contributed by atoms with Gasteiger partial charge in [0.1, 0.15) is 6.07 Å². The standard InChI is InChI=1S/C20H15N5O3/c1-28-20(27)13-6-4-7-15(11-13)22-18-10-9-17(24-25-18)19(26)23-16-8-3-2-5-14(16)12-21/h2-11H,1H3,(H,22,25)(H,23,26). The number of nitrogens with zero attached hydrogens (tertiary/aromatic N) is 3. The maximum Gasteiger partial charge on any atom is 0.337 e. The van der Waals surface area contributed by atoms with E-state index in [0.29, 0.717) is 28.3 Å². The van der Waals surface area contributed by atoms with Crippen LogP contribution in [0.25, 0.3) is 0 Å². The number of benzene rings is 2. The molecule has 2 N–H and O–H groups in total. The molecule has 1 amide bonds. The number of anilines is 3. The molecule has 1 heterocycles. The summed E-state index contributed by atoms with van der Waals surface area (Å²) in [5, 5.41) is 22.6. The van der Waals surface area contributed by atoms with Gasteiger partial charge in [0.2, 0.25) is 0 Å². The van der Waals surface area contributed by atoms with Crippen molar-refractivity contribution in [1.82, 2.24) is 10.2 Å². The molecule has 0 radical (unpaired) electrons. The smallest absolute Gasteiger partial charge is 0.337 e. The van der Waals surface area contributed by atoms with Crippen LogP contribution in [0.15, 0.2) is 60.7 Å². The van der Waals surface area contributed by atoms with Gasteiger partial charge >= 0.3 is 5.97 Å². The van der Waals surface area contributed by atoms with Gasteiger partial charge in [-0.15, -0.1) is 10.2 Å². The summed E-state index contributed by atoms with van der Waals surface area (Å²) in [4.78, 5) is 23.9. The number of nitrogens with one attached hydrogen (secondary N) is 2. The van der Waals surface area contributed by atoms with Crippen LogP contribution in [-0.2, 0) is 4.74 Å². The molecule has 0 saturated carbocycles. The monoisotopic (exact) mass is 373 g/mol. The summed E-state index contributed by atoms with van der Waals surface area (Å²) < 4.78 is 4.69. The lowest BCUT2D eigenvalue weighted by molar-refractivity contribution is 0.0600. The Kier molecular flexibility index (Phi) is 5.58. The van der Waals surface area contributed by atoms with Gasteiger partial charge in [0.15, 0.2) is 11.5 Å². The number of hydrogen-bond acceptors (Lipinski definition) is 7. The molecule has 138 valence electrons. The van der Waals surface area contributed by atoms with Crippen LogP contribution in [0.4, 0.5) is 17.2 Å². The molecule has 1 aromatic heterocycles. The van der Waals surface area contributed by atoms with Crippen LogP contribution >= 0.6 is 0 Å². The highest BCUT2D eigenvalue weighted by Crippen LogP contribution is 2.17. The van der Waals surface area contributed by atoms with Crippen LogP contribution in [-0.4, -0.2) is 29.2 Å². The molecule has 8 heteroatoms. The third kappa shape index (κ3) is 4.28. The minimum absolute atomic E-state index is 0.0987. The molecule has 28 heavy (non-hydrogen) atoms. The fourth-order valence-electron chi connectivity index (χ4n) is 2.39. The summed E-state index contributed by atoms with van der Waals surface area (Å²) in [6, 6.07) is 18.5. The van der Waals surface area contributed by atoms with E-state index in [2.05, 4.69) is 25.6 Å². The van der Waals surface area contributed by atoms with Crippen LogP contribution in [0, 0.1) is 11.3 Å². The molecule has 0 unspecified atom stereocenters. The number of ether oxygens (including phenoxy) is 1. The highest BCUT2D eigenvalue weighted by molar-refractivity contribution is 6.03. The molecular weight excluding hydrogens is 358 g/mol. The zero-order valence-corrected chi connectivity index (χ0v) is 14.8. The SMILES string of the molecule is COC(=O)c1cccc(Nc2ccc(C(=O)Nc3ccccc3C#N)nn2)c1. The Bertz CT molecular complexity index is 1060. The number of rotatable bonds is 5. The normalized spacial score (nSPS) is 9.86. The third-order valence-electron chi connectivity index (χ3n) is 3.75. The molecule has 0 saturated heterocycles. The molecule has 3 rings (SSSR count). The lowest BCUT2D eigenvalue weighted by Crippen LogP contribution is -2.15. The maximum atomic E-state index is 12.3. The Hall–Kier alpha value is -4.25. The molecule has 0 aliphatic rings. The number of carbonyl (C=O) groups is 2. The van der Waals surface area contributed by atoms with Crippen LogP contribution in [0.5, 0.6) is 0 Å². The average molecular weight is 373 g/mol. The number of amides is 1. The maximum absolute atomic E-state index is 12.3. The highest BCUT2D eigenvalue weighted by atomic mass is 16.5. The van der Waals surface area contributed by atoms with Gasteiger partial charge in [0.05, 0.1) is 23.9 Å². The second-order valence-corrected chi connectivity index (χ2v) is 5.61. The Labute approximate surface area is 160 Å². The van der Waals surface area contributed by atoms with Crippen molar-refractivity contribution in [2.24, 2.45) is 0 Å². The molecular formula is C20H15N5O3. The van der Waals surface area contributed by atoms with Crippen LogP contribution in [0.3, 0.4) is 0 Å². The second kappa shape index (κ2) is 8.42. The van der Waals surface area contributed by atoms with Gasteiger partial charge in [-0.1, -0.05) is 18.2 Å². The molecule has 0 aliphatic carbocycles. The number of para-hydroxylation sites is 1. The predicted molar refractivity (Wildman–Crippen MR) is 102 cm³/mol. The van der Waals surface area contributed by atoms with Crippen molar-refractivity contribution in [2.45, 2.75) is 0 Å². The lowest BCUT2D eigenvalue weighted by Gasteiger charge is -2.08. The van der Waals surface area contributed by atoms with Gasteiger partial charge in [0.25, 0.3) is 5.91 Å². The molecule has 0 bridgehead atoms. The van der Waals surface area contributed by atoms with E-state index in [1.165, 1.54) is 13.2 Å². The van der Waals surface area contributed by atoms with Crippen LogP contribution in [0.1, 0.15) is 26.4 Å². The van der Waals surface area contributed by atoms with Gasteiger partial charge in [-0.05, 0) is 42.5 Å². The average Bonchev–Trinajstić information content (AvgIpc) is 2.74. The minimum Gasteiger partial charge on any atom is -0.465 e. The number of aromatic nitrogens is 2. The fourth-order valence-corrected chi connectivity index (χ4v) is 2.39. The van der Waals surface area contributed by atoms with Crippen molar-refractivity contribution in [3.63, 3.8) is 0 Å². The van der Waals surface area contributed by atoms with E-state index in [1.807, 2.05) is 6.07 Å². The van der Waals surface area contributed by atoms with E-state index < -0.39 is 11.9 Å². The Morgan fingerprint density at radius 2 is 1.86 bits per heavy atom.